The average Bonchev–Trinajstić information content (AvgIpc) is 3.11. The van der Waals surface area contributed by atoms with Crippen LogP contribution in [-0.4, -0.2) is 16.1 Å². The van der Waals surface area contributed by atoms with Gasteiger partial charge in [-0.3, -0.25) is 4.79 Å². The highest BCUT2D eigenvalue weighted by molar-refractivity contribution is 7.99. The molecular weight excluding hydrogens is 394 g/mol. The number of aromatic nitrogens is 1. The maximum absolute atomic E-state index is 13.6. The summed E-state index contributed by atoms with van der Waals surface area (Å²) in [5.74, 6) is -0.989. The summed E-state index contributed by atoms with van der Waals surface area (Å²) < 4.78 is 32.0. The molecule has 1 N–H and O–H groups in total. The van der Waals surface area contributed by atoms with Gasteiger partial charge < -0.3 is 9.73 Å². The van der Waals surface area contributed by atoms with Gasteiger partial charge in [-0.15, -0.1) is 11.8 Å². The topological polar surface area (TPSA) is 55.1 Å². The molecule has 8 heteroatoms. The first-order valence-corrected chi connectivity index (χ1v) is 9.43. The molecule has 140 valence electrons. The predicted molar refractivity (Wildman–Crippen MR) is 103 cm³/mol. The summed E-state index contributed by atoms with van der Waals surface area (Å²) in [5.41, 5.74) is 1.42. The van der Waals surface area contributed by atoms with Crippen molar-refractivity contribution in [3.63, 3.8) is 0 Å². The number of nitrogens with zero attached hydrogens (tertiary/aromatic N) is 1. The van der Waals surface area contributed by atoms with Gasteiger partial charge in [0.1, 0.15) is 17.9 Å². The maximum Gasteiger partial charge on any atom is 0.237 e. The molecule has 1 aromatic heterocycles. The van der Waals surface area contributed by atoms with Crippen molar-refractivity contribution in [3.05, 3.63) is 71.1 Å². The summed E-state index contributed by atoms with van der Waals surface area (Å²) in [7, 11) is 0. The number of halogens is 3. The van der Waals surface area contributed by atoms with Gasteiger partial charge in [-0.25, -0.2) is 13.8 Å². The van der Waals surface area contributed by atoms with E-state index < -0.39 is 16.9 Å². The molecule has 1 heterocycles. The third-order valence-electron chi connectivity index (χ3n) is 3.68. The summed E-state index contributed by atoms with van der Waals surface area (Å²) in [4.78, 5) is 16.6. The number of anilines is 1. The van der Waals surface area contributed by atoms with Gasteiger partial charge in [0.05, 0.1) is 16.6 Å². The molecule has 1 amide bonds. The van der Waals surface area contributed by atoms with Crippen molar-refractivity contribution in [2.45, 2.75) is 17.9 Å². The normalized spacial score (nSPS) is 12.0. The molecule has 0 unspecified atom stereocenters. The van der Waals surface area contributed by atoms with Gasteiger partial charge >= 0.3 is 0 Å². The van der Waals surface area contributed by atoms with Crippen molar-refractivity contribution < 1.29 is 18.0 Å². The minimum absolute atomic E-state index is 0.0553. The summed E-state index contributed by atoms with van der Waals surface area (Å²) in [6, 6.07) is 10.1. The fraction of sp³-hybridized carbons (Fsp3) is 0.158. The zero-order chi connectivity index (χ0) is 19.4. The number of benzene rings is 2. The van der Waals surface area contributed by atoms with Crippen LogP contribution in [0.1, 0.15) is 12.6 Å². The molecule has 1 atom stereocenters. The van der Waals surface area contributed by atoms with E-state index in [0.29, 0.717) is 22.4 Å². The van der Waals surface area contributed by atoms with E-state index in [1.165, 1.54) is 24.1 Å². The van der Waals surface area contributed by atoms with E-state index in [2.05, 4.69) is 10.3 Å². The Bertz CT molecular complexity index is 947. The quantitative estimate of drug-likeness (QED) is 0.582. The van der Waals surface area contributed by atoms with Crippen LogP contribution in [0.2, 0.25) is 5.02 Å². The molecule has 4 nitrogen and oxygen atoms in total. The lowest BCUT2D eigenvalue weighted by Crippen LogP contribution is -2.23. The molecule has 0 fully saturated rings. The second kappa shape index (κ2) is 8.54. The van der Waals surface area contributed by atoms with Crippen LogP contribution in [0.5, 0.6) is 0 Å². The Morgan fingerprint density at radius 3 is 2.70 bits per heavy atom. The number of oxazole rings is 1. The first-order chi connectivity index (χ1) is 12.9. The highest BCUT2D eigenvalue weighted by Gasteiger charge is 2.17. The number of nitrogens with one attached hydrogen (secondary N) is 1. The van der Waals surface area contributed by atoms with E-state index in [4.69, 9.17) is 16.0 Å². The fourth-order valence-corrected chi connectivity index (χ4v) is 3.10. The average molecular weight is 409 g/mol. The van der Waals surface area contributed by atoms with E-state index in [1.54, 1.807) is 31.2 Å². The van der Waals surface area contributed by atoms with Crippen LogP contribution in [0.15, 0.2) is 53.1 Å². The molecule has 0 spiro atoms. The van der Waals surface area contributed by atoms with Crippen molar-refractivity contribution >= 4 is 35.0 Å². The summed E-state index contributed by atoms with van der Waals surface area (Å²) in [6.07, 6.45) is 1.53. The Kier molecular flexibility index (Phi) is 6.13. The second-order valence-corrected chi connectivity index (χ2v) is 7.48. The first-order valence-electron chi connectivity index (χ1n) is 8.00. The predicted octanol–water partition coefficient (Wildman–Crippen LogP) is 5.53. The third kappa shape index (κ3) is 5.08. The van der Waals surface area contributed by atoms with Crippen LogP contribution in [0.4, 0.5) is 14.5 Å². The Balaban J connectivity index is 1.56. The maximum atomic E-state index is 13.6. The molecule has 0 saturated carbocycles. The minimum Gasteiger partial charge on any atom is -0.444 e. The Morgan fingerprint density at radius 1 is 1.26 bits per heavy atom. The number of thioether (sulfide) groups is 1. The van der Waals surface area contributed by atoms with Gasteiger partial charge in [0.2, 0.25) is 11.8 Å². The van der Waals surface area contributed by atoms with Crippen LogP contribution >= 0.6 is 23.4 Å². The van der Waals surface area contributed by atoms with Gasteiger partial charge in [0.15, 0.2) is 0 Å². The minimum atomic E-state index is -0.815. The molecule has 0 bridgehead atoms. The van der Waals surface area contributed by atoms with Gasteiger partial charge in [0, 0.05) is 22.4 Å². The van der Waals surface area contributed by atoms with E-state index in [9.17, 15) is 13.6 Å². The standard InChI is InChI=1S/C19H15ClF2N2O2S/c1-11(18(25)24-17-7-6-14(21)8-16(17)22)27-10-15-9-26-19(23-15)12-2-4-13(20)5-3-12/h2-9,11H,10H2,1H3,(H,24,25)/t11-/m1/s1. The molecule has 0 aliphatic heterocycles. The van der Waals surface area contributed by atoms with Gasteiger partial charge in [-0.05, 0) is 43.3 Å². The third-order valence-corrected chi connectivity index (χ3v) is 5.11. The summed E-state index contributed by atoms with van der Waals surface area (Å²) >= 11 is 7.18. The van der Waals surface area contributed by atoms with Gasteiger partial charge in [-0.2, -0.15) is 0 Å². The lowest BCUT2D eigenvalue weighted by molar-refractivity contribution is -0.115. The van der Waals surface area contributed by atoms with Crippen LogP contribution in [-0.2, 0) is 10.5 Å². The van der Waals surface area contributed by atoms with Crippen molar-refractivity contribution in [1.29, 1.82) is 0 Å². The number of rotatable bonds is 6. The smallest absolute Gasteiger partial charge is 0.237 e. The molecule has 0 saturated heterocycles. The number of hydrogen-bond donors (Lipinski definition) is 1. The number of carbonyl (C=O) groups is 1. The number of hydrogen-bond acceptors (Lipinski definition) is 4. The molecule has 0 aliphatic carbocycles. The van der Waals surface area contributed by atoms with Crippen molar-refractivity contribution in [2.24, 2.45) is 0 Å². The Labute approximate surface area is 163 Å². The molecule has 3 rings (SSSR count). The van der Waals surface area contributed by atoms with Crippen LogP contribution < -0.4 is 5.32 Å². The van der Waals surface area contributed by atoms with Gasteiger partial charge in [-0.1, -0.05) is 11.6 Å². The van der Waals surface area contributed by atoms with Crippen LogP contribution in [0, 0.1) is 11.6 Å². The summed E-state index contributed by atoms with van der Waals surface area (Å²) in [5, 5.41) is 2.61. The SMILES string of the molecule is C[C@@H](SCc1coc(-c2ccc(Cl)cc2)n1)C(=O)Nc1ccc(F)cc1F. The molecule has 0 aliphatic rings. The first kappa shape index (κ1) is 19.4. The summed E-state index contributed by atoms with van der Waals surface area (Å²) in [6.45, 7) is 1.70. The van der Waals surface area contributed by atoms with Crippen molar-refractivity contribution in [1.82, 2.24) is 4.98 Å². The second-order valence-electron chi connectivity index (χ2n) is 5.72. The van der Waals surface area contributed by atoms with Crippen molar-refractivity contribution in [3.8, 4) is 11.5 Å². The van der Waals surface area contributed by atoms with E-state index >= 15 is 0 Å². The lowest BCUT2D eigenvalue weighted by atomic mass is 10.2. The molecule has 3 aromatic rings. The molecule has 27 heavy (non-hydrogen) atoms. The van der Waals surface area contributed by atoms with Crippen LogP contribution in [0.25, 0.3) is 11.5 Å². The Morgan fingerprint density at radius 2 is 2.00 bits per heavy atom. The number of amides is 1. The molecular formula is C19H15ClF2N2O2S. The highest BCUT2D eigenvalue weighted by atomic mass is 35.5. The van der Waals surface area contributed by atoms with Gasteiger partial charge in [0.25, 0.3) is 0 Å². The highest BCUT2D eigenvalue weighted by Crippen LogP contribution is 2.24. The Hall–Kier alpha value is -2.38. The van der Waals surface area contributed by atoms with Crippen LogP contribution in [0.3, 0.4) is 0 Å². The molecule has 2 aromatic carbocycles. The molecule has 0 radical (unpaired) electrons. The van der Waals surface area contributed by atoms with E-state index in [-0.39, 0.29) is 11.6 Å². The van der Waals surface area contributed by atoms with Crippen molar-refractivity contribution in [2.75, 3.05) is 5.32 Å². The largest absolute Gasteiger partial charge is 0.444 e. The fourth-order valence-electron chi connectivity index (χ4n) is 2.21. The number of carbonyl (C=O) groups excluding carboxylic acids is 1. The van der Waals surface area contributed by atoms with E-state index in [0.717, 1.165) is 17.7 Å². The zero-order valence-electron chi connectivity index (χ0n) is 14.2. The monoisotopic (exact) mass is 408 g/mol. The lowest BCUT2D eigenvalue weighted by Gasteiger charge is -2.11. The zero-order valence-corrected chi connectivity index (χ0v) is 15.8. The van der Waals surface area contributed by atoms with E-state index in [1.807, 2.05) is 0 Å².